The fourth-order valence-electron chi connectivity index (χ4n) is 2.72. The highest BCUT2D eigenvalue weighted by Gasteiger charge is 2.24. The lowest BCUT2D eigenvalue weighted by atomic mass is 10.1. The molecule has 2 aromatic carbocycles. The molecule has 0 aliphatic carbocycles. The minimum Gasteiger partial charge on any atom is -0.340 e. The van der Waals surface area contributed by atoms with E-state index in [0.717, 1.165) is 11.1 Å². The minimum absolute atomic E-state index is 0.0165. The highest BCUT2D eigenvalue weighted by atomic mass is 32.2. The van der Waals surface area contributed by atoms with Crippen LogP contribution in [0.25, 0.3) is 0 Å². The van der Waals surface area contributed by atoms with Crippen molar-refractivity contribution in [3.63, 3.8) is 0 Å². The molecule has 8 heteroatoms. The second-order valence-corrected chi connectivity index (χ2v) is 8.38. The molecule has 2 N–H and O–H groups in total. The minimum atomic E-state index is -3.87. The van der Waals surface area contributed by atoms with Gasteiger partial charge in [0.05, 0.1) is 10.9 Å². The highest BCUT2D eigenvalue weighted by molar-refractivity contribution is 7.89. The molecule has 0 unspecified atom stereocenters. The van der Waals surface area contributed by atoms with Crippen LogP contribution in [-0.2, 0) is 26.2 Å². The van der Waals surface area contributed by atoms with Gasteiger partial charge in [-0.2, -0.15) is 4.72 Å². The zero-order valence-corrected chi connectivity index (χ0v) is 17.2. The van der Waals surface area contributed by atoms with Gasteiger partial charge >= 0.3 is 0 Å². The molecule has 2 aromatic rings. The zero-order valence-electron chi connectivity index (χ0n) is 16.4. The predicted octanol–water partition coefficient (Wildman–Crippen LogP) is 2.28. The molecule has 0 aromatic heterocycles. The van der Waals surface area contributed by atoms with E-state index in [0.29, 0.717) is 12.2 Å². The fraction of sp³-hybridized carbons (Fsp3) is 0.300. The molecule has 0 radical (unpaired) electrons. The van der Waals surface area contributed by atoms with E-state index in [1.54, 1.807) is 7.05 Å². The normalized spacial score (nSPS) is 12.3. The first-order valence-corrected chi connectivity index (χ1v) is 10.3. The number of hydrogen-bond acceptors (Lipinski definition) is 4. The van der Waals surface area contributed by atoms with Gasteiger partial charge in [-0.25, -0.2) is 8.42 Å². The first kappa shape index (κ1) is 21.6. The Morgan fingerprint density at radius 3 is 2.25 bits per heavy atom. The van der Waals surface area contributed by atoms with E-state index in [1.165, 1.54) is 43.0 Å². The summed E-state index contributed by atoms with van der Waals surface area (Å²) in [6.07, 6.45) is 0. The number of amides is 2. The summed E-state index contributed by atoms with van der Waals surface area (Å²) < 4.78 is 27.5. The van der Waals surface area contributed by atoms with Crippen molar-refractivity contribution in [2.24, 2.45) is 0 Å². The van der Waals surface area contributed by atoms with Gasteiger partial charge < -0.3 is 10.2 Å². The molecule has 0 saturated carbocycles. The third-order valence-corrected chi connectivity index (χ3v) is 5.79. The third kappa shape index (κ3) is 5.64. The van der Waals surface area contributed by atoms with Crippen LogP contribution in [0.1, 0.15) is 25.0 Å². The van der Waals surface area contributed by atoms with E-state index in [1.807, 2.05) is 31.2 Å². The highest BCUT2D eigenvalue weighted by Crippen LogP contribution is 2.15. The van der Waals surface area contributed by atoms with Gasteiger partial charge in [0.25, 0.3) is 0 Å². The van der Waals surface area contributed by atoms with Crippen LogP contribution in [0.4, 0.5) is 5.69 Å². The number of nitrogens with zero attached hydrogens (tertiary/aromatic N) is 1. The summed E-state index contributed by atoms with van der Waals surface area (Å²) in [7, 11) is -2.23. The molecule has 0 aliphatic rings. The molecule has 0 fully saturated rings. The van der Waals surface area contributed by atoms with Gasteiger partial charge in [-0.3, -0.25) is 9.59 Å². The van der Waals surface area contributed by atoms with Crippen molar-refractivity contribution >= 4 is 27.5 Å². The summed E-state index contributed by atoms with van der Waals surface area (Å²) in [5.74, 6) is -0.577. The predicted molar refractivity (Wildman–Crippen MR) is 108 cm³/mol. The van der Waals surface area contributed by atoms with Crippen LogP contribution >= 0.6 is 0 Å². The number of sulfonamides is 1. The number of anilines is 1. The topological polar surface area (TPSA) is 95.6 Å². The molecule has 0 aliphatic heterocycles. The maximum atomic E-state index is 12.6. The van der Waals surface area contributed by atoms with E-state index >= 15 is 0 Å². The van der Waals surface area contributed by atoms with Crippen LogP contribution in [0.5, 0.6) is 0 Å². The number of rotatable bonds is 7. The fourth-order valence-corrected chi connectivity index (χ4v) is 3.92. The molecule has 28 heavy (non-hydrogen) atoms. The Kier molecular flexibility index (Phi) is 6.93. The maximum absolute atomic E-state index is 12.6. The van der Waals surface area contributed by atoms with Crippen molar-refractivity contribution in [1.29, 1.82) is 0 Å². The molecule has 0 spiro atoms. The SMILES string of the molecule is CC(=O)Nc1ccc(S(=O)(=O)N[C@@H](C)C(=O)N(C)Cc2ccccc2C)cc1. The number of hydrogen-bond donors (Lipinski definition) is 2. The van der Waals surface area contributed by atoms with Gasteiger partial charge in [-0.05, 0) is 49.2 Å². The molecular weight excluding hydrogens is 378 g/mol. The Bertz CT molecular complexity index is 956. The quantitative estimate of drug-likeness (QED) is 0.741. The first-order valence-electron chi connectivity index (χ1n) is 8.79. The summed E-state index contributed by atoms with van der Waals surface area (Å²) in [6.45, 7) is 5.24. The van der Waals surface area contributed by atoms with Crippen LogP contribution in [0, 0.1) is 6.92 Å². The van der Waals surface area contributed by atoms with Gasteiger partial charge in [0.1, 0.15) is 0 Å². The Balaban J connectivity index is 2.05. The summed E-state index contributed by atoms with van der Waals surface area (Å²) in [5.41, 5.74) is 2.56. The molecular formula is C20H25N3O4S. The summed E-state index contributed by atoms with van der Waals surface area (Å²) in [5, 5.41) is 2.57. The van der Waals surface area contributed by atoms with E-state index in [2.05, 4.69) is 10.0 Å². The number of carbonyl (C=O) groups excluding carboxylic acids is 2. The van der Waals surface area contributed by atoms with Gasteiger partial charge in [0.2, 0.25) is 21.8 Å². The van der Waals surface area contributed by atoms with Crippen molar-refractivity contribution in [3.8, 4) is 0 Å². The second kappa shape index (κ2) is 8.99. The molecule has 0 saturated heterocycles. The van der Waals surface area contributed by atoms with Gasteiger partial charge in [0, 0.05) is 26.2 Å². The van der Waals surface area contributed by atoms with E-state index < -0.39 is 16.1 Å². The molecule has 2 amide bonds. The van der Waals surface area contributed by atoms with Crippen molar-refractivity contribution in [3.05, 3.63) is 59.7 Å². The molecule has 1 atom stereocenters. The summed E-state index contributed by atoms with van der Waals surface area (Å²) in [4.78, 5) is 25.2. The number of nitrogens with one attached hydrogen (secondary N) is 2. The average Bonchev–Trinajstić information content (AvgIpc) is 2.62. The maximum Gasteiger partial charge on any atom is 0.241 e. The largest absolute Gasteiger partial charge is 0.340 e. The average molecular weight is 404 g/mol. The standard InChI is InChI=1S/C20H25N3O4S/c1-14-7-5-6-8-17(14)13-23(4)20(25)15(2)22-28(26,27)19-11-9-18(10-12-19)21-16(3)24/h5-12,15,22H,13H2,1-4H3,(H,21,24)/t15-/m0/s1. The number of carbonyl (C=O) groups is 2. The van der Waals surface area contributed by atoms with Gasteiger partial charge in [-0.15, -0.1) is 0 Å². The Morgan fingerprint density at radius 2 is 1.68 bits per heavy atom. The number of aryl methyl sites for hydroxylation is 1. The van der Waals surface area contributed by atoms with Gasteiger partial charge in [-0.1, -0.05) is 24.3 Å². The zero-order chi connectivity index (χ0) is 20.9. The lowest BCUT2D eigenvalue weighted by Gasteiger charge is -2.23. The lowest BCUT2D eigenvalue weighted by molar-refractivity contribution is -0.131. The van der Waals surface area contributed by atoms with Crippen LogP contribution < -0.4 is 10.0 Å². The number of likely N-dealkylation sites (N-methyl/N-ethyl adjacent to an activating group) is 1. The molecule has 7 nitrogen and oxygen atoms in total. The number of benzene rings is 2. The monoisotopic (exact) mass is 403 g/mol. The first-order chi connectivity index (χ1) is 13.1. The molecule has 0 heterocycles. The smallest absolute Gasteiger partial charge is 0.241 e. The Morgan fingerprint density at radius 1 is 1.07 bits per heavy atom. The van der Waals surface area contributed by atoms with Crippen molar-refractivity contribution in [1.82, 2.24) is 9.62 Å². The van der Waals surface area contributed by atoms with E-state index in [9.17, 15) is 18.0 Å². The second-order valence-electron chi connectivity index (χ2n) is 6.67. The molecule has 2 rings (SSSR count). The van der Waals surface area contributed by atoms with Crippen LogP contribution in [0.15, 0.2) is 53.4 Å². The van der Waals surface area contributed by atoms with E-state index in [4.69, 9.17) is 0 Å². The summed E-state index contributed by atoms with van der Waals surface area (Å²) in [6, 6.07) is 12.5. The van der Waals surface area contributed by atoms with Crippen molar-refractivity contribution in [2.45, 2.75) is 38.3 Å². The van der Waals surface area contributed by atoms with Crippen molar-refractivity contribution < 1.29 is 18.0 Å². The third-order valence-electron chi connectivity index (χ3n) is 4.23. The van der Waals surface area contributed by atoms with Crippen LogP contribution in [-0.4, -0.2) is 38.2 Å². The van der Waals surface area contributed by atoms with Crippen LogP contribution in [0.2, 0.25) is 0 Å². The van der Waals surface area contributed by atoms with E-state index in [-0.39, 0.29) is 16.7 Å². The van der Waals surface area contributed by atoms with Gasteiger partial charge in [0.15, 0.2) is 0 Å². The van der Waals surface area contributed by atoms with Crippen LogP contribution in [0.3, 0.4) is 0 Å². The lowest BCUT2D eigenvalue weighted by Crippen LogP contribution is -2.45. The molecule has 150 valence electrons. The Labute approximate surface area is 165 Å². The Hall–Kier alpha value is -2.71. The van der Waals surface area contributed by atoms with Crippen molar-refractivity contribution in [2.75, 3.05) is 12.4 Å². The molecule has 0 bridgehead atoms. The summed E-state index contributed by atoms with van der Waals surface area (Å²) >= 11 is 0.